The van der Waals surface area contributed by atoms with Gasteiger partial charge in [0, 0.05) is 42.2 Å². The van der Waals surface area contributed by atoms with Crippen molar-refractivity contribution in [3.8, 4) is 5.75 Å². The Balaban J connectivity index is 1.48. The monoisotopic (exact) mass is 727 g/mol. The van der Waals surface area contributed by atoms with Crippen LogP contribution in [0.5, 0.6) is 5.75 Å². The molecule has 2 aliphatic heterocycles. The summed E-state index contributed by atoms with van der Waals surface area (Å²) in [4.78, 5) is 35.4. The van der Waals surface area contributed by atoms with E-state index in [1.54, 1.807) is 11.0 Å². The molecular weight excluding hydrogens is 692 g/mol. The summed E-state index contributed by atoms with van der Waals surface area (Å²) in [6, 6.07) is 6.83. The second kappa shape index (κ2) is 13.8. The van der Waals surface area contributed by atoms with Crippen LogP contribution in [0.25, 0.3) is 0 Å². The lowest BCUT2D eigenvalue weighted by Crippen LogP contribution is -2.68. The number of pyridine rings is 1. The Morgan fingerprint density at radius 3 is 2.45 bits per heavy atom. The van der Waals surface area contributed by atoms with Gasteiger partial charge in [0.1, 0.15) is 16.3 Å². The van der Waals surface area contributed by atoms with Gasteiger partial charge in [-0.3, -0.25) is 14.6 Å². The van der Waals surface area contributed by atoms with Crippen LogP contribution in [0.2, 0.25) is 5.02 Å². The van der Waals surface area contributed by atoms with Crippen LogP contribution in [0.15, 0.2) is 48.0 Å². The molecule has 6 rings (SSSR count). The fourth-order valence-electron chi connectivity index (χ4n) is 7.96. The van der Waals surface area contributed by atoms with Crippen molar-refractivity contribution in [3.63, 3.8) is 0 Å². The molecule has 2 fully saturated rings. The maximum absolute atomic E-state index is 15.4. The number of fused-ring (bicyclic) bond motifs is 1. The Hall–Kier alpha value is -3.32. The van der Waals surface area contributed by atoms with Crippen LogP contribution in [0.3, 0.4) is 0 Å². The third-order valence-electron chi connectivity index (χ3n) is 10.0. The molecule has 4 heterocycles. The number of benzene rings is 1. The van der Waals surface area contributed by atoms with Crippen LogP contribution < -0.4 is 4.74 Å². The number of halogens is 7. The number of likely N-dealkylation sites (tertiary alicyclic amines) is 1. The Labute approximate surface area is 289 Å². The highest BCUT2D eigenvalue weighted by Crippen LogP contribution is 2.48. The fraction of sp³-hybridized carbons (Fsp3) is 0.514. The van der Waals surface area contributed by atoms with Gasteiger partial charge < -0.3 is 14.5 Å². The van der Waals surface area contributed by atoms with Crippen molar-refractivity contribution in [1.82, 2.24) is 14.8 Å². The number of piperidine rings is 1. The number of thiophene rings is 1. The van der Waals surface area contributed by atoms with Crippen molar-refractivity contribution in [2.24, 2.45) is 5.92 Å². The van der Waals surface area contributed by atoms with Crippen LogP contribution in [0, 0.1) is 5.92 Å². The SMILES string of the molecule is CCC[C@H]1N(C(=O)c2ncccc2C(F)(F)F)CCC[C@@]1(Oc1csc(C(F)(F)F)c1)C(=O)N1CCc2cc(Cl)ccc2C1C1CCCC1. The Kier molecular flexibility index (Phi) is 9.98. The summed E-state index contributed by atoms with van der Waals surface area (Å²) >= 11 is 6.77. The first-order valence-corrected chi connectivity index (χ1v) is 17.8. The molecule has 14 heteroatoms. The first-order chi connectivity index (χ1) is 23.2. The number of hydrogen-bond donors (Lipinski definition) is 0. The van der Waals surface area contributed by atoms with Crippen LogP contribution in [0.1, 0.15) is 96.4 Å². The first-order valence-electron chi connectivity index (χ1n) is 16.5. The minimum atomic E-state index is -4.87. The van der Waals surface area contributed by atoms with Crippen LogP contribution >= 0.6 is 22.9 Å². The quantitative estimate of drug-likeness (QED) is 0.228. The summed E-state index contributed by atoms with van der Waals surface area (Å²) in [5, 5.41) is 1.75. The largest absolute Gasteiger partial charge is 0.474 e. The van der Waals surface area contributed by atoms with Gasteiger partial charge in [-0.2, -0.15) is 26.3 Å². The van der Waals surface area contributed by atoms with Crippen LogP contribution in [-0.4, -0.2) is 51.3 Å². The maximum atomic E-state index is 15.4. The predicted molar refractivity (Wildman–Crippen MR) is 172 cm³/mol. The molecule has 3 aromatic rings. The maximum Gasteiger partial charge on any atom is 0.425 e. The first kappa shape index (κ1) is 35.5. The van der Waals surface area contributed by atoms with Crippen molar-refractivity contribution in [2.45, 2.75) is 94.7 Å². The Morgan fingerprint density at radius 1 is 1.02 bits per heavy atom. The molecule has 6 nitrogen and oxygen atoms in total. The van der Waals surface area contributed by atoms with Crippen molar-refractivity contribution in [3.05, 3.63) is 80.3 Å². The summed E-state index contributed by atoms with van der Waals surface area (Å²) in [6.45, 7) is 2.10. The number of nitrogens with zero attached hydrogens (tertiary/aromatic N) is 3. The van der Waals surface area contributed by atoms with Gasteiger partial charge in [0.2, 0.25) is 5.60 Å². The summed E-state index contributed by atoms with van der Waals surface area (Å²) in [6.07, 6.45) is -3.48. The van der Waals surface area contributed by atoms with E-state index in [1.165, 1.54) is 10.3 Å². The number of rotatable bonds is 7. The number of amides is 2. The molecule has 0 bridgehead atoms. The Bertz CT molecular complexity index is 1690. The number of carbonyl (C=O) groups is 2. The highest BCUT2D eigenvalue weighted by atomic mass is 35.5. The van der Waals surface area contributed by atoms with E-state index in [2.05, 4.69) is 4.98 Å². The van der Waals surface area contributed by atoms with E-state index in [0.717, 1.165) is 61.2 Å². The molecule has 1 aliphatic carbocycles. The molecule has 49 heavy (non-hydrogen) atoms. The van der Waals surface area contributed by atoms with Crippen molar-refractivity contribution >= 4 is 34.8 Å². The lowest BCUT2D eigenvalue weighted by atomic mass is 9.77. The van der Waals surface area contributed by atoms with Gasteiger partial charge in [0.15, 0.2) is 0 Å². The molecule has 1 saturated heterocycles. The average molecular weight is 728 g/mol. The van der Waals surface area contributed by atoms with Gasteiger partial charge >= 0.3 is 12.4 Å². The molecule has 0 spiro atoms. The molecule has 3 aliphatic rings. The van der Waals surface area contributed by atoms with Gasteiger partial charge in [-0.15, -0.1) is 11.3 Å². The van der Waals surface area contributed by atoms with Gasteiger partial charge in [-0.1, -0.05) is 43.9 Å². The minimum Gasteiger partial charge on any atom is -0.474 e. The third-order valence-corrected chi connectivity index (χ3v) is 11.2. The average Bonchev–Trinajstić information content (AvgIpc) is 3.77. The zero-order valence-corrected chi connectivity index (χ0v) is 28.3. The molecule has 1 unspecified atom stereocenters. The van der Waals surface area contributed by atoms with Crippen LogP contribution in [0.4, 0.5) is 26.3 Å². The zero-order chi connectivity index (χ0) is 35.1. The molecule has 0 N–H and O–H groups in total. The van der Waals surface area contributed by atoms with E-state index in [4.69, 9.17) is 16.3 Å². The fourth-order valence-corrected chi connectivity index (χ4v) is 8.83. The minimum absolute atomic E-state index is 0.0145. The second-order valence-corrected chi connectivity index (χ2v) is 14.4. The number of hydrogen-bond acceptors (Lipinski definition) is 5. The Morgan fingerprint density at radius 2 is 1.78 bits per heavy atom. The van der Waals surface area contributed by atoms with Gasteiger partial charge in [-0.05, 0) is 73.4 Å². The summed E-state index contributed by atoms with van der Waals surface area (Å²) in [7, 11) is 0. The lowest BCUT2D eigenvalue weighted by Gasteiger charge is -2.52. The standard InChI is InChI=1S/C35H36ClF6N3O3S/c1-2-7-27-33(48-24-19-28(49-20-24)35(40,41)42,14-6-16-44(27)31(46)29-26(34(37,38)39)10-5-15-43-29)32(47)45-17-13-22-18-23(36)11-12-25(22)30(45)21-8-3-4-9-21/h5,10-12,15,18-21,27,30H,2-4,6-9,13-14,16-17H2,1H3/t27-,30?,33+/m1/s1. The van der Waals surface area contributed by atoms with E-state index in [9.17, 15) is 31.1 Å². The lowest BCUT2D eigenvalue weighted by molar-refractivity contribution is -0.163. The highest BCUT2D eigenvalue weighted by molar-refractivity contribution is 7.10. The molecule has 2 aromatic heterocycles. The molecule has 3 atom stereocenters. The molecule has 0 radical (unpaired) electrons. The van der Waals surface area contributed by atoms with E-state index in [1.807, 2.05) is 19.1 Å². The number of alkyl halides is 6. The molecular formula is C35H36ClF6N3O3S. The topological polar surface area (TPSA) is 62.7 Å². The summed E-state index contributed by atoms with van der Waals surface area (Å²) < 4.78 is 89.9. The molecule has 1 aromatic carbocycles. The number of carbonyl (C=O) groups excluding carboxylic acids is 2. The zero-order valence-electron chi connectivity index (χ0n) is 26.7. The van der Waals surface area contributed by atoms with E-state index in [0.29, 0.717) is 29.2 Å². The highest BCUT2D eigenvalue weighted by Gasteiger charge is 2.57. The predicted octanol–water partition coefficient (Wildman–Crippen LogP) is 9.37. The number of aromatic nitrogens is 1. The summed E-state index contributed by atoms with van der Waals surface area (Å²) in [5.74, 6) is -1.58. The molecule has 264 valence electrons. The number of ether oxygens (including phenoxy) is 1. The second-order valence-electron chi connectivity index (χ2n) is 13.0. The van der Waals surface area contributed by atoms with Crippen molar-refractivity contribution in [1.29, 1.82) is 0 Å². The van der Waals surface area contributed by atoms with E-state index >= 15 is 4.79 Å². The van der Waals surface area contributed by atoms with Crippen molar-refractivity contribution in [2.75, 3.05) is 13.1 Å². The summed E-state index contributed by atoms with van der Waals surface area (Å²) in [5.41, 5.74) is -1.95. The van der Waals surface area contributed by atoms with E-state index < -0.39 is 51.9 Å². The van der Waals surface area contributed by atoms with Gasteiger partial charge in [-0.25, -0.2) is 0 Å². The smallest absolute Gasteiger partial charge is 0.425 e. The third kappa shape index (κ3) is 6.89. The molecule has 2 amide bonds. The van der Waals surface area contributed by atoms with Gasteiger partial charge in [0.25, 0.3) is 11.8 Å². The van der Waals surface area contributed by atoms with Crippen LogP contribution in [-0.2, 0) is 23.6 Å². The molecule has 1 saturated carbocycles. The normalized spacial score (nSPS) is 23.4. The van der Waals surface area contributed by atoms with E-state index in [-0.39, 0.29) is 50.1 Å². The van der Waals surface area contributed by atoms with Crippen molar-refractivity contribution < 1.29 is 40.7 Å². The van der Waals surface area contributed by atoms with Gasteiger partial charge in [0.05, 0.1) is 17.6 Å².